The average molecular weight is 454 g/mol. The monoisotopic (exact) mass is 453 g/mol. The third-order valence-corrected chi connectivity index (χ3v) is 6.11. The molecule has 6 nitrogen and oxygen atoms in total. The SMILES string of the molecule is CC(C)c1ccc(NC(=O)Cn2c(=O)n(-c3cccc(Cl)c3)c(=O)c3sccc32)cc1. The van der Waals surface area contributed by atoms with Gasteiger partial charge in [0.25, 0.3) is 5.56 Å². The molecule has 4 aromatic rings. The normalized spacial score (nSPS) is 11.2. The van der Waals surface area contributed by atoms with Gasteiger partial charge >= 0.3 is 5.69 Å². The lowest BCUT2D eigenvalue weighted by atomic mass is 10.0. The van der Waals surface area contributed by atoms with Crippen LogP contribution in [0.3, 0.4) is 0 Å². The predicted molar refractivity (Wildman–Crippen MR) is 126 cm³/mol. The molecule has 0 bridgehead atoms. The summed E-state index contributed by atoms with van der Waals surface area (Å²) in [6.45, 7) is 3.97. The molecule has 0 aliphatic rings. The highest BCUT2D eigenvalue weighted by molar-refractivity contribution is 7.17. The fourth-order valence-electron chi connectivity index (χ4n) is 3.38. The Morgan fingerprint density at radius 2 is 1.84 bits per heavy atom. The van der Waals surface area contributed by atoms with Gasteiger partial charge < -0.3 is 5.32 Å². The van der Waals surface area contributed by atoms with Gasteiger partial charge in [0.15, 0.2) is 0 Å². The first-order chi connectivity index (χ1) is 14.8. The van der Waals surface area contributed by atoms with E-state index in [0.29, 0.717) is 32.5 Å². The lowest BCUT2D eigenvalue weighted by molar-refractivity contribution is -0.116. The second-order valence-electron chi connectivity index (χ2n) is 7.45. The molecule has 31 heavy (non-hydrogen) atoms. The van der Waals surface area contributed by atoms with Crippen molar-refractivity contribution in [3.63, 3.8) is 0 Å². The molecular formula is C23H20ClN3O3S. The van der Waals surface area contributed by atoms with Crippen molar-refractivity contribution in [3.05, 3.63) is 91.4 Å². The highest BCUT2D eigenvalue weighted by atomic mass is 35.5. The highest BCUT2D eigenvalue weighted by Gasteiger charge is 2.18. The molecular weight excluding hydrogens is 434 g/mol. The number of hydrogen-bond donors (Lipinski definition) is 1. The Hall–Kier alpha value is -3.16. The molecule has 1 N–H and O–H groups in total. The maximum atomic E-state index is 13.2. The average Bonchev–Trinajstić information content (AvgIpc) is 3.22. The van der Waals surface area contributed by atoms with Crippen molar-refractivity contribution < 1.29 is 4.79 Å². The number of fused-ring (bicyclic) bond motifs is 1. The Bertz CT molecular complexity index is 1380. The molecule has 2 heterocycles. The molecule has 4 rings (SSSR count). The quantitative estimate of drug-likeness (QED) is 0.478. The first-order valence-corrected chi connectivity index (χ1v) is 11.0. The number of hydrogen-bond acceptors (Lipinski definition) is 4. The number of carbonyl (C=O) groups is 1. The van der Waals surface area contributed by atoms with Crippen LogP contribution in [-0.2, 0) is 11.3 Å². The van der Waals surface area contributed by atoms with E-state index in [-0.39, 0.29) is 12.5 Å². The van der Waals surface area contributed by atoms with Crippen LogP contribution in [0.4, 0.5) is 5.69 Å². The second kappa shape index (κ2) is 8.53. The Morgan fingerprint density at radius 1 is 1.10 bits per heavy atom. The molecule has 8 heteroatoms. The van der Waals surface area contributed by atoms with Gasteiger partial charge in [0.2, 0.25) is 5.91 Å². The summed E-state index contributed by atoms with van der Waals surface area (Å²) in [5, 5.41) is 4.96. The molecule has 2 aromatic heterocycles. The van der Waals surface area contributed by atoms with E-state index in [1.807, 2.05) is 24.3 Å². The second-order valence-corrected chi connectivity index (χ2v) is 8.80. The Morgan fingerprint density at radius 3 is 2.52 bits per heavy atom. The van der Waals surface area contributed by atoms with Gasteiger partial charge in [-0.3, -0.25) is 14.2 Å². The Balaban J connectivity index is 1.72. The number of anilines is 1. The third-order valence-electron chi connectivity index (χ3n) is 4.98. The maximum Gasteiger partial charge on any atom is 0.336 e. The Labute approximate surface area is 187 Å². The smallest absolute Gasteiger partial charge is 0.325 e. The highest BCUT2D eigenvalue weighted by Crippen LogP contribution is 2.19. The molecule has 0 fully saturated rings. The molecule has 0 aliphatic carbocycles. The molecule has 2 aromatic carbocycles. The number of aromatic nitrogens is 2. The number of halogens is 1. The zero-order valence-corrected chi connectivity index (χ0v) is 18.5. The van der Waals surface area contributed by atoms with E-state index in [9.17, 15) is 14.4 Å². The van der Waals surface area contributed by atoms with E-state index >= 15 is 0 Å². The van der Waals surface area contributed by atoms with E-state index in [1.54, 1.807) is 35.7 Å². The molecule has 0 saturated carbocycles. The third kappa shape index (κ3) is 4.19. The van der Waals surface area contributed by atoms with Gasteiger partial charge in [-0.15, -0.1) is 11.3 Å². The van der Waals surface area contributed by atoms with Crippen LogP contribution >= 0.6 is 22.9 Å². The Kier molecular flexibility index (Phi) is 5.80. The number of nitrogens with one attached hydrogen (secondary N) is 1. The van der Waals surface area contributed by atoms with E-state index in [1.165, 1.54) is 21.5 Å². The van der Waals surface area contributed by atoms with Gasteiger partial charge in [-0.05, 0) is 53.3 Å². The molecule has 158 valence electrons. The predicted octanol–water partition coefficient (Wildman–Crippen LogP) is 4.63. The van der Waals surface area contributed by atoms with Gasteiger partial charge in [-0.2, -0.15) is 0 Å². The number of benzene rings is 2. The lowest BCUT2D eigenvalue weighted by Gasteiger charge is -2.13. The number of amides is 1. The van der Waals surface area contributed by atoms with Crippen LogP contribution in [0.2, 0.25) is 5.02 Å². The van der Waals surface area contributed by atoms with Crippen LogP contribution in [0, 0.1) is 0 Å². The van der Waals surface area contributed by atoms with Crippen molar-refractivity contribution in [1.82, 2.24) is 9.13 Å². The van der Waals surface area contributed by atoms with Crippen molar-refractivity contribution in [2.45, 2.75) is 26.3 Å². The topological polar surface area (TPSA) is 73.1 Å². The molecule has 0 spiro atoms. The van der Waals surface area contributed by atoms with Crippen LogP contribution in [0.15, 0.2) is 69.6 Å². The fraction of sp³-hybridized carbons (Fsp3) is 0.174. The standard InChI is InChI=1S/C23H20ClN3O3S/c1-14(2)15-6-8-17(9-7-15)25-20(28)13-26-19-10-11-31-21(19)22(29)27(23(26)30)18-5-3-4-16(24)12-18/h3-12,14H,13H2,1-2H3,(H,25,28). The number of rotatable bonds is 5. The summed E-state index contributed by atoms with van der Waals surface area (Å²) in [4.78, 5) is 38.9. The van der Waals surface area contributed by atoms with Gasteiger partial charge in [-0.1, -0.05) is 43.6 Å². The molecule has 1 amide bonds. The maximum absolute atomic E-state index is 13.2. The van der Waals surface area contributed by atoms with Crippen LogP contribution < -0.4 is 16.6 Å². The fourth-order valence-corrected chi connectivity index (χ4v) is 4.39. The van der Waals surface area contributed by atoms with E-state index in [2.05, 4.69) is 19.2 Å². The van der Waals surface area contributed by atoms with Crippen LogP contribution in [0.1, 0.15) is 25.3 Å². The summed E-state index contributed by atoms with van der Waals surface area (Å²) < 4.78 is 2.76. The van der Waals surface area contributed by atoms with E-state index < -0.39 is 11.2 Å². The number of carbonyl (C=O) groups excluding carboxylic acids is 1. The molecule has 0 unspecified atom stereocenters. The van der Waals surface area contributed by atoms with Crippen LogP contribution in [0.5, 0.6) is 0 Å². The van der Waals surface area contributed by atoms with Crippen molar-refractivity contribution in [3.8, 4) is 5.69 Å². The minimum atomic E-state index is -0.594. The summed E-state index contributed by atoms with van der Waals surface area (Å²) >= 11 is 7.28. The largest absolute Gasteiger partial charge is 0.336 e. The number of thiophene rings is 1. The summed E-state index contributed by atoms with van der Waals surface area (Å²) in [5.74, 6) is 0.0333. The molecule has 0 aliphatic heterocycles. The van der Waals surface area contributed by atoms with Crippen molar-refractivity contribution in [2.24, 2.45) is 0 Å². The zero-order chi connectivity index (χ0) is 22.1. The minimum Gasteiger partial charge on any atom is -0.325 e. The van der Waals surface area contributed by atoms with Gasteiger partial charge in [-0.25, -0.2) is 9.36 Å². The van der Waals surface area contributed by atoms with Crippen molar-refractivity contribution in [1.29, 1.82) is 0 Å². The summed E-state index contributed by atoms with van der Waals surface area (Å²) in [6, 6.07) is 15.8. The van der Waals surface area contributed by atoms with E-state index in [4.69, 9.17) is 11.6 Å². The summed E-state index contributed by atoms with van der Waals surface area (Å²) in [6.07, 6.45) is 0. The zero-order valence-electron chi connectivity index (χ0n) is 17.0. The first-order valence-electron chi connectivity index (χ1n) is 9.74. The molecule has 0 radical (unpaired) electrons. The van der Waals surface area contributed by atoms with Gasteiger partial charge in [0.1, 0.15) is 11.2 Å². The minimum absolute atomic E-state index is 0.223. The van der Waals surface area contributed by atoms with Crippen molar-refractivity contribution >= 4 is 44.7 Å². The van der Waals surface area contributed by atoms with Gasteiger partial charge in [0.05, 0.1) is 11.2 Å². The lowest BCUT2D eigenvalue weighted by Crippen LogP contribution is -2.40. The van der Waals surface area contributed by atoms with E-state index in [0.717, 1.165) is 4.57 Å². The first kappa shape index (κ1) is 21.1. The van der Waals surface area contributed by atoms with Crippen molar-refractivity contribution in [2.75, 3.05) is 5.32 Å². The molecule has 0 saturated heterocycles. The summed E-state index contributed by atoms with van der Waals surface area (Å²) in [7, 11) is 0. The van der Waals surface area contributed by atoms with Gasteiger partial charge in [0, 0.05) is 10.7 Å². The van der Waals surface area contributed by atoms with Crippen LogP contribution in [0.25, 0.3) is 15.9 Å². The molecule has 0 atom stereocenters. The number of nitrogens with zero attached hydrogens (tertiary/aromatic N) is 2. The van der Waals surface area contributed by atoms with Crippen LogP contribution in [-0.4, -0.2) is 15.0 Å². The summed E-state index contributed by atoms with van der Waals surface area (Å²) in [5.41, 5.74) is 1.58.